The number of aromatic hydroxyl groups is 1. The quantitative estimate of drug-likeness (QED) is 0.530. The van der Waals surface area contributed by atoms with Crippen LogP contribution >= 0.6 is 23.6 Å². The first-order chi connectivity index (χ1) is 7.56. The van der Waals surface area contributed by atoms with Gasteiger partial charge in [-0.1, -0.05) is 11.3 Å². The number of aliphatic carboxylic acids is 1. The number of aliphatic hydroxyl groups is 1. The molecular formula is C8H10N2O4S2. The zero-order valence-electron chi connectivity index (χ0n) is 8.16. The van der Waals surface area contributed by atoms with Gasteiger partial charge in [-0.05, 0) is 12.2 Å². The summed E-state index contributed by atoms with van der Waals surface area (Å²) in [5, 5.41) is 26.8. The van der Waals surface area contributed by atoms with Crippen molar-refractivity contribution >= 4 is 35.7 Å². The number of carboxylic acid groups (broad SMARTS) is 1. The van der Waals surface area contributed by atoms with Crippen LogP contribution in [0, 0.1) is 3.95 Å². The number of thiazole rings is 1. The van der Waals surface area contributed by atoms with Gasteiger partial charge in [0, 0.05) is 6.21 Å². The van der Waals surface area contributed by atoms with Gasteiger partial charge in [-0.15, -0.1) is 0 Å². The van der Waals surface area contributed by atoms with E-state index in [4.69, 9.17) is 22.4 Å². The fraction of sp³-hybridized carbons (Fsp3) is 0.375. The van der Waals surface area contributed by atoms with Crippen LogP contribution in [-0.2, 0) is 11.3 Å². The second kappa shape index (κ2) is 5.73. The summed E-state index contributed by atoms with van der Waals surface area (Å²) in [5.41, 5.74) is 0. The minimum absolute atomic E-state index is 0.0848. The Balaban J connectivity index is 2.97. The molecule has 1 aromatic heterocycles. The molecule has 0 radical (unpaired) electrons. The lowest BCUT2D eigenvalue weighted by molar-refractivity contribution is -0.137. The molecule has 0 saturated heterocycles. The number of rotatable bonds is 5. The summed E-state index contributed by atoms with van der Waals surface area (Å²) in [6, 6.07) is 0. The Morgan fingerprint density at radius 2 is 2.31 bits per heavy atom. The minimum Gasteiger partial charge on any atom is -0.493 e. The van der Waals surface area contributed by atoms with Gasteiger partial charge >= 0.3 is 5.97 Å². The summed E-state index contributed by atoms with van der Waals surface area (Å²) in [7, 11) is 0. The lowest BCUT2D eigenvalue weighted by atomic mass is 10.5. The normalized spacial score (nSPS) is 11.1. The average molecular weight is 262 g/mol. The van der Waals surface area contributed by atoms with Crippen molar-refractivity contribution in [2.24, 2.45) is 4.99 Å². The third kappa shape index (κ3) is 3.12. The van der Waals surface area contributed by atoms with Crippen molar-refractivity contribution in [3.63, 3.8) is 0 Å². The van der Waals surface area contributed by atoms with Gasteiger partial charge in [0.15, 0.2) is 3.95 Å². The second-order valence-corrected chi connectivity index (χ2v) is 4.47. The van der Waals surface area contributed by atoms with Crippen LogP contribution in [0.2, 0.25) is 0 Å². The number of hydrogen-bond donors (Lipinski definition) is 3. The maximum absolute atomic E-state index is 10.5. The van der Waals surface area contributed by atoms with E-state index in [2.05, 4.69) is 4.99 Å². The van der Waals surface area contributed by atoms with E-state index in [-0.39, 0.29) is 29.5 Å². The molecule has 1 rings (SSSR count). The summed E-state index contributed by atoms with van der Waals surface area (Å²) >= 11 is 5.97. The van der Waals surface area contributed by atoms with Crippen LogP contribution in [0.3, 0.4) is 0 Å². The first kappa shape index (κ1) is 12.8. The smallest absolute Gasteiger partial charge is 0.323 e. The van der Waals surface area contributed by atoms with Crippen molar-refractivity contribution in [3.8, 4) is 5.88 Å². The van der Waals surface area contributed by atoms with Crippen molar-refractivity contribution in [1.82, 2.24) is 4.57 Å². The molecule has 8 heteroatoms. The lowest BCUT2D eigenvalue weighted by Crippen LogP contribution is -2.08. The van der Waals surface area contributed by atoms with E-state index in [9.17, 15) is 9.90 Å². The largest absolute Gasteiger partial charge is 0.493 e. The number of hydrogen-bond acceptors (Lipinski definition) is 6. The molecule has 0 amide bonds. The highest BCUT2D eigenvalue weighted by molar-refractivity contribution is 7.73. The van der Waals surface area contributed by atoms with Crippen LogP contribution in [0.15, 0.2) is 4.99 Å². The SMILES string of the molecule is O=C(O)Cn1c(O)c(C=NCCO)sc1=S. The third-order valence-electron chi connectivity index (χ3n) is 1.62. The van der Waals surface area contributed by atoms with E-state index in [1.807, 2.05) is 0 Å². The Morgan fingerprint density at radius 1 is 1.62 bits per heavy atom. The predicted molar refractivity (Wildman–Crippen MR) is 62.0 cm³/mol. The average Bonchev–Trinajstić information content (AvgIpc) is 2.46. The van der Waals surface area contributed by atoms with Gasteiger partial charge in [0.05, 0.1) is 13.2 Å². The second-order valence-electron chi connectivity index (χ2n) is 2.79. The van der Waals surface area contributed by atoms with Gasteiger partial charge in [0.1, 0.15) is 11.4 Å². The van der Waals surface area contributed by atoms with E-state index >= 15 is 0 Å². The molecule has 16 heavy (non-hydrogen) atoms. The van der Waals surface area contributed by atoms with Crippen molar-refractivity contribution in [3.05, 3.63) is 8.83 Å². The molecule has 0 spiro atoms. The Morgan fingerprint density at radius 3 is 2.88 bits per heavy atom. The van der Waals surface area contributed by atoms with Crippen molar-refractivity contribution < 1.29 is 20.1 Å². The number of nitrogens with zero attached hydrogens (tertiary/aromatic N) is 2. The molecule has 6 nitrogen and oxygen atoms in total. The molecule has 3 N–H and O–H groups in total. The number of carboxylic acids is 1. The maximum atomic E-state index is 10.5. The van der Waals surface area contributed by atoms with Crippen LogP contribution in [0.4, 0.5) is 0 Å². The standard InChI is InChI=1S/C8H10N2O4S2/c11-2-1-9-3-5-7(14)10(4-6(12)13)8(15)16-5/h3,11,14H,1-2,4H2,(H,12,13). The van der Waals surface area contributed by atoms with E-state index in [0.717, 1.165) is 15.9 Å². The van der Waals surface area contributed by atoms with Crippen LogP contribution in [0.1, 0.15) is 4.88 Å². The fourth-order valence-corrected chi connectivity index (χ4v) is 2.18. The molecule has 0 aromatic carbocycles. The Labute approximate surface area is 100 Å². The molecule has 0 aliphatic carbocycles. The first-order valence-corrected chi connectivity index (χ1v) is 5.53. The molecule has 0 saturated carbocycles. The highest BCUT2D eigenvalue weighted by Gasteiger charge is 2.12. The molecule has 0 atom stereocenters. The predicted octanol–water partition coefficient (Wildman–Crippen LogP) is 0.480. The van der Waals surface area contributed by atoms with E-state index in [1.54, 1.807) is 0 Å². The monoisotopic (exact) mass is 262 g/mol. The van der Waals surface area contributed by atoms with Gasteiger partial charge in [0.2, 0.25) is 5.88 Å². The molecule has 0 aliphatic rings. The van der Waals surface area contributed by atoms with Crippen LogP contribution in [0.5, 0.6) is 5.88 Å². The molecule has 1 heterocycles. The zero-order chi connectivity index (χ0) is 12.1. The fourth-order valence-electron chi connectivity index (χ4n) is 0.978. The topological polar surface area (TPSA) is 95.0 Å². The molecule has 0 fully saturated rings. The van der Waals surface area contributed by atoms with Crippen LogP contribution in [-0.4, -0.2) is 45.2 Å². The van der Waals surface area contributed by atoms with Crippen molar-refractivity contribution in [2.75, 3.05) is 13.2 Å². The molecule has 0 bridgehead atoms. The third-order valence-corrected chi connectivity index (χ3v) is 3.00. The van der Waals surface area contributed by atoms with E-state index < -0.39 is 5.97 Å². The molecular weight excluding hydrogens is 252 g/mol. The van der Waals surface area contributed by atoms with Gasteiger partial charge in [-0.2, -0.15) is 0 Å². The van der Waals surface area contributed by atoms with Gasteiger partial charge in [-0.3, -0.25) is 14.4 Å². The summed E-state index contributed by atoms with van der Waals surface area (Å²) in [6.07, 6.45) is 1.37. The summed E-state index contributed by atoms with van der Waals surface area (Å²) in [4.78, 5) is 14.7. The number of aliphatic imine (C=N–C) groups is 1. The lowest BCUT2D eigenvalue weighted by Gasteiger charge is -1.99. The van der Waals surface area contributed by atoms with Gasteiger partial charge in [-0.25, -0.2) is 0 Å². The maximum Gasteiger partial charge on any atom is 0.323 e. The summed E-state index contributed by atoms with van der Waals surface area (Å²) < 4.78 is 1.38. The van der Waals surface area contributed by atoms with Crippen LogP contribution < -0.4 is 0 Å². The van der Waals surface area contributed by atoms with Crippen molar-refractivity contribution in [1.29, 1.82) is 0 Å². The van der Waals surface area contributed by atoms with Gasteiger partial charge in [0.25, 0.3) is 0 Å². The highest BCUT2D eigenvalue weighted by atomic mass is 32.1. The number of aliphatic hydroxyl groups excluding tert-OH is 1. The molecule has 0 unspecified atom stereocenters. The summed E-state index contributed by atoms with van der Waals surface area (Å²) in [5.74, 6) is -1.29. The van der Waals surface area contributed by atoms with Gasteiger partial charge < -0.3 is 15.3 Å². The molecule has 1 aromatic rings. The first-order valence-electron chi connectivity index (χ1n) is 4.31. The van der Waals surface area contributed by atoms with E-state index in [0.29, 0.717) is 4.88 Å². The summed E-state index contributed by atoms with van der Waals surface area (Å²) in [6.45, 7) is -0.240. The minimum atomic E-state index is -1.08. The highest BCUT2D eigenvalue weighted by Crippen LogP contribution is 2.23. The van der Waals surface area contributed by atoms with Crippen LogP contribution in [0.25, 0.3) is 0 Å². The van der Waals surface area contributed by atoms with Crippen molar-refractivity contribution in [2.45, 2.75) is 6.54 Å². The number of aromatic nitrogens is 1. The Kier molecular flexibility index (Phi) is 4.59. The number of carbonyl (C=O) groups is 1. The Bertz CT molecular complexity index is 463. The molecule has 0 aliphatic heterocycles. The van der Waals surface area contributed by atoms with E-state index in [1.165, 1.54) is 6.21 Å². The zero-order valence-corrected chi connectivity index (χ0v) is 9.79. The molecule has 88 valence electrons. The Hall–Kier alpha value is -1.25.